The standard InChI is InChI=1S/C15H25NO/c1-7-12-8-9-14(17-6)13(10-12)11(2)15(3,4)16-5/h8-11,16H,7H2,1-6H3. The van der Waals surface area contributed by atoms with Crippen molar-refractivity contribution in [2.24, 2.45) is 0 Å². The molecule has 1 atom stereocenters. The van der Waals surface area contributed by atoms with E-state index in [0.29, 0.717) is 5.92 Å². The van der Waals surface area contributed by atoms with E-state index in [4.69, 9.17) is 4.74 Å². The van der Waals surface area contributed by atoms with Crippen molar-refractivity contribution in [1.82, 2.24) is 5.32 Å². The van der Waals surface area contributed by atoms with Crippen molar-refractivity contribution in [3.8, 4) is 5.75 Å². The van der Waals surface area contributed by atoms with Gasteiger partial charge in [-0.05, 0) is 44.5 Å². The highest BCUT2D eigenvalue weighted by Crippen LogP contribution is 2.34. The molecule has 2 nitrogen and oxygen atoms in total. The Labute approximate surface area is 105 Å². The van der Waals surface area contributed by atoms with E-state index in [1.807, 2.05) is 7.05 Å². The van der Waals surface area contributed by atoms with Crippen LogP contribution in [0.4, 0.5) is 0 Å². The van der Waals surface area contributed by atoms with Crippen LogP contribution in [0.15, 0.2) is 18.2 Å². The quantitative estimate of drug-likeness (QED) is 0.845. The minimum atomic E-state index is 0.0552. The number of benzene rings is 1. The summed E-state index contributed by atoms with van der Waals surface area (Å²) >= 11 is 0. The monoisotopic (exact) mass is 235 g/mol. The molecule has 0 amide bonds. The maximum Gasteiger partial charge on any atom is 0.122 e. The molecule has 0 heterocycles. The fraction of sp³-hybridized carbons (Fsp3) is 0.600. The maximum atomic E-state index is 5.48. The van der Waals surface area contributed by atoms with Gasteiger partial charge in [-0.3, -0.25) is 0 Å². The molecule has 0 radical (unpaired) electrons. The zero-order valence-electron chi connectivity index (χ0n) is 11.9. The first-order chi connectivity index (χ1) is 7.96. The lowest BCUT2D eigenvalue weighted by molar-refractivity contribution is 0.343. The Hall–Kier alpha value is -1.02. The van der Waals surface area contributed by atoms with Crippen molar-refractivity contribution in [3.63, 3.8) is 0 Å². The van der Waals surface area contributed by atoms with E-state index < -0.39 is 0 Å². The smallest absolute Gasteiger partial charge is 0.122 e. The van der Waals surface area contributed by atoms with Gasteiger partial charge in [0.15, 0.2) is 0 Å². The SMILES string of the molecule is CCc1ccc(OC)c(C(C)C(C)(C)NC)c1. The molecular formula is C15H25NO. The van der Waals surface area contributed by atoms with Gasteiger partial charge in [0.05, 0.1) is 7.11 Å². The first-order valence-corrected chi connectivity index (χ1v) is 6.32. The van der Waals surface area contributed by atoms with E-state index in [2.05, 4.69) is 51.2 Å². The molecule has 2 heteroatoms. The molecule has 1 rings (SSSR count). The summed E-state index contributed by atoms with van der Waals surface area (Å²) in [5, 5.41) is 3.37. The second-order valence-corrected chi connectivity index (χ2v) is 5.12. The number of ether oxygens (including phenoxy) is 1. The van der Waals surface area contributed by atoms with Crippen molar-refractivity contribution in [3.05, 3.63) is 29.3 Å². The van der Waals surface area contributed by atoms with Gasteiger partial charge in [-0.25, -0.2) is 0 Å². The van der Waals surface area contributed by atoms with E-state index in [0.717, 1.165) is 12.2 Å². The minimum absolute atomic E-state index is 0.0552. The van der Waals surface area contributed by atoms with Gasteiger partial charge >= 0.3 is 0 Å². The van der Waals surface area contributed by atoms with Crippen molar-refractivity contribution < 1.29 is 4.74 Å². The third-order valence-electron chi connectivity index (χ3n) is 3.90. The van der Waals surface area contributed by atoms with Crippen LogP contribution in [0.2, 0.25) is 0 Å². The second kappa shape index (κ2) is 5.54. The number of methoxy groups -OCH3 is 1. The molecule has 1 aromatic carbocycles. The number of hydrogen-bond acceptors (Lipinski definition) is 2. The third-order valence-corrected chi connectivity index (χ3v) is 3.90. The number of nitrogens with one attached hydrogen (secondary N) is 1. The fourth-order valence-electron chi connectivity index (χ4n) is 1.95. The summed E-state index contributed by atoms with van der Waals surface area (Å²) < 4.78 is 5.48. The van der Waals surface area contributed by atoms with Crippen LogP contribution in [0.3, 0.4) is 0 Å². The van der Waals surface area contributed by atoms with E-state index in [-0.39, 0.29) is 5.54 Å². The average Bonchev–Trinajstić information content (AvgIpc) is 2.36. The molecule has 0 saturated heterocycles. The lowest BCUT2D eigenvalue weighted by atomic mass is 9.82. The van der Waals surface area contributed by atoms with E-state index in [1.165, 1.54) is 11.1 Å². The van der Waals surface area contributed by atoms with E-state index >= 15 is 0 Å². The summed E-state index contributed by atoms with van der Waals surface area (Å²) in [7, 11) is 3.75. The van der Waals surface area contributed by atoms with Crippen molar-refractivity contribution >= 4 is 0 Å². The van der Waals surface area contributed by atoms with Crippen molar-refractivity contribution in [2.75, 3.05) is 14.2 Å². The Morgan fingerprint density at radius 3 is 2.47 bits per heavy atom. The molecule has 96 valence electrons. The van der Waals surface area contributed by atoms with Crippen LogP contribution in [-0.2, 0) is 6.42 Å². The zero-order chi connectivity index (χ0) is 13.1. The van der Waals surface area contributed by atoms with Gasteiger partial charge in [0.2, 0.25) is 0 Å². The molecule has 0 spiro atoms. The molecule has 1 aromatic rings. The molecule has 0 bridgehead atoms. The van der Waals surface area contributed by atoms with Crippen LogP contribution in [0.25, 0.3) is 0 Å². The molecule has 0 aromatic heterocycles. The summed E-state index contributed by atoms with van der Waals surface area (Å²) in [4.78, 5) is 0. The maximum absolute atomic E-state index is 5.48. The summed E-state index contributed by atoms with van der Waals surface area (Å²) in [6.07, 6.45) is 1.06. The Morgan fingerprint density at radius 1 is 1.35 bits per heavy atom. The Kier molecular flexibility index (Phi) is 4.58. The van der Waals surface area contributed by atoms with Gasteiger partial charge in [-0.15, -0.1) is 0 Å². The van der Waals surface area contributed by atoms with Gasteiger partial charge < -0.3 is 10.1 Å². The van der Waals surface area contributed by atoms with Crippen LogP contribution in [-0.4, -0.2) is 19.7 Å². The Morgan fingerprint density at radius 2 is 2.00 bits per heavy atom. The van der Waals surface area contributed by atoms with Crippen LogP contribution >= 0.6 is 0 Å². The van der Waals surface area contributed by atoms with Gasteiger partial charge in [0.1, 0.15) is 5.75 Å². The number of aryl methyl sites for hydroxylation is 1. The molecule has 0 aliphatic carbocycles. The Bertz CT molecular complexity index is 371. The molecule has 17 heavy (non-hydrogen) atoms. The molecule has 0 saturated carbocycles. The van der Waals surface area contributed by atoms with Crippen LogP contribution < -0.4 is 10.1 Å². The number of rotatable bonds is 5. The lowest BCUT2D eigenvalue weighted by Crippen LogP contribution is -2.41. The molecule has 1 N–H and O–H groups in total. The van der Waals surface area contributed by atoms with E-state index in [9.17, 15) is 0 Å². The minimum Gasteiger partial charge on any atom is -0.496 e. The third kappa shape index (κ3) is 3.01. The summed E-state index contributed by atoms with van der Waals surface area (Å²) in [6.45, 7) is 8.86. The van der Waals surface area contributed by atoms with Gasteiger partial charge in [-0.1, -0.05) is 26.0 Å². The molecule has 1 unspecified atom stereocenters. The van der Waals surface area contributed by atoms with Gasteiger partial charge in [-0.2, -0.15) is 0 Å². The summed E-state index contributed by atoms with van der Waals surface area (Å²) in [5.41, 5.74) is 2.70. The lowest BCUT2D eigenvalue weighted by Gasteiger charge is -2.33. The molecule has 0 aliphatic rings. The highest BCUT2D eigenvalue weighted by molar-refractivity contribution is 5.41. The first kappa shape index (κ1) is 14.0. The highest BCUT2D eigenvalue weighted by atomic mass is 16.5. The molecule has 0 aliphatic heterocycles. The van der Waals surface area contributed by atoms with Crippen molar-refractivity contribution in [1.29, 1.82) is 0 Å². The predicted molar refractivity (Wildman–Crippen MR) is 73.9 cm³/mol. The topological polar surface area (TPSA) is 21.3 Å². The summed E-state index contributed by atoms with van der Waals surface area (Å²) in [5.74, 6) is 1.38. The largest absolute Gasteiger partial charge is 0.496 e. The highest BCUT2D eigenvalue weighted by Gasteiger charge is 2.27. The van der Waals surface area contributed by atoms with E-state index in [1.54, 1.807) is 7.11 Å². The Balaban J connectivity index is 3.18. The molecular weight excluding hydrogens is 210 g/mol. The molecule has 0 fully saturated rings. The van der Waals surface area contributed by atoms with Gasteiger partial charge in [0, 0.05) is 11.5 Å². The summed E-state index contributed by atoms with van der Waals surface area (Å²) in [6, 6.07) is 6.49. The number of likely N-dealkylation sites (N-methyl/N-ethyl adjacent to an activating group) is 1. The van der Waals surface area contributed by atoms with Crippen LogP contribution in [0.5, 0.6) is 5.75 Å². The van der Waals surface area contributed by atoms with Crippen LogP contribution in [0, 0.1) is 0 Å². The average molecular weight is 235 g/mol. The number of hydrogen-bond donors (Lipinski definition) is 1. The zero-order valence-corrected chi connectivity index (χ0v) is 11.9. The van der Waals surface area contributed by atoms with Crippen molar-refractivity contribution in [2.45, 2.75) is 45.6 Å². The van der Waals surface area contributed by atoms with Gasteiger partial charge in [0.25, 0.3) is 0 Å². The first-order valence-electron chi connectivity index (χ1n) is 6.32. The van der Waals surface area contributed by atoms with Crippen LogP contribution in [0.1, 0.15) is 44.7 Å². The predicted octanol–water partition coefficient (Wildman–Crippen LogP) is 3.36. The second-order valence-electron chi connectivity index (χ2n) is 5.12. The fourth-order valence-corrected chi connectivity index (χ4v) is 1.95. The normalized spacial score (nSPS) is 13.5.